The molecular weight excluding hydrogens is 514 g/mol. The normalized spacial score (nSPS) is 11.2. The number of anilines is 1. The van der Waals surface area contributed by atoms with E-state index in [1.54, 1.807) is 0 Å². The van der Waals surface area contributed by atoms with Crippen molar-refractivity contribution < 1.29 is 22.0 Å². The molecule has 3 rings (SSSR count). The molecule has 0 spiro atoms. The fourth-order valence-electron chi connectivity index (χ4n) is 2.80. The van der Waals surface area contributed by atoms with E-state index in [4.69, 9.17) is 11.6 Å². The van der Waals surface area contributed by atoms with Crippen LogP contribution in [0.4, 0.5) is 14.5 Å². The van der Waals surface area contributed by atoms with Crippen LogP contribution in [0, 0.1) is 11.6 Å². The fraction of sp³-hybridized carbons (Fsp3) is 0.0952. The Morgan fingerprint density at radius 3 is 2.29 bits per heavy atom. The van der Waals surface area contributed by atoms with Crippen LogP contribution < -0.4 is 10.0 Å². The molecule has 1 amide bonds. The van der Waals surface area contributed by atoms with E-state index in [9.17, 15) is 22.0 Å². The molecule has 3 aromatic rings. The molecule has 0 fully saturated rings. The molecule has 0 aromatic heterocycles. The first-order valence-corrected chi connectivity index (χ1v) is 11.6. The Balaban J connectivity index is 1.80. The molecule has 0 saturated heterocycles. The molecule has 0 radical (unpaired) electrons. The summed E-state index contributed by atoms with van der Waals surface area (Å²) in [6, 6.07) is 14.2. The first-order chi connectivity index (χ1) is 14.7. The van der Waals surface area contributed by atoms with E-state index in [2.05, 4.69) is 26.0 Å². The Labute approximate surface area is 191 Å². The number of carbonyl (C=O) groups is 1. The topological polar surface area (TPSA) is 75.3 Å². The molecule has 31 heavy (non-hydrogen) atoms. The number of halogens is 4. The molecule has 0 unspecified atom stereocenters. The first-order valence-electron chi connectivity index (χ1n) is 8.96. The molecule has 0 saturated carbocycles. The van der Waals surface area contributed by atoms with Gasteiger partial charge in [0.2, 0.25) is 0 Å². The van der Waals surface area contributed by atoms with Crippen molar-refractivity contribution in [3.63, 3.8) is 0 Å². The Morgan fingerprint density at radius 2 is 1.65 bits per heavy atom. The van der Waals surface area contributed by atoms with Crippen LogP contribution in [0.3, 0.4) is 0 Å². The summed E-state index contributed by atoms with van der Waals surface area (Å²) >= 11 is 9.28. The third kappa shape index (κ3) is 5.81. The number of sulfonamides is 1. The lowest BCUT2D eigenvalue weighted by Crippen LogP contribution is -2.27. The van der Waals surface area contributed by atoms with Crippen molar-refractivity contribution in [1.82, 2.24) is 5.32 Å². The van der Waals surface area contributed by atoms with Crippen molar-refractivity contribution >= 4 is 49.1 Å². The van der Waals surface area contributed by atoms with Gasteiger partial charge in [0.05, 0.1) is 11.3 Å². The second kappa shape index (κ2) is 9.76. The van der Waals surface area contributed by atoms with Crippen molar-refractivity contribution in [2.75, 3.05) is 11.3 Å². The molecule has 3 aromatic carbocycles. The minimum absolute atomic E-state index is 0.0412. The van der Waals surface area contributed by atoms with Gasteiger partial charge in [-0.15, -0.1) is 0 Å². The van der Waals surface area contributed by atoms with E-state index in [0.717, 1.165) is 28.2 Å². The van der Waals surface area contributed by atoms with E-state index in [1.165, 1.54) is 18.2 Å². The molecule has 2 N–H and O–H groups in total. The lowest BCUT2D eigenvalue weighted by molar-refractivity contribution is 0.0955. The number of carbonyl (C=O) groups excluding carboxylic acids is 1. The molecule has 162 valence electrons. The van der Waals surface area contributed by atoms with Gasteiger partial charge >= 0.3 is 0 Å². The molecular formula is C21H16BrClF2N2O3S. The SMILES string of the molecule is O=C(NCCc1ccc(Br)cc1)c1ccc(Cl)cc1NS(=O)(=O)c1c(F)cccc1F. The standard InChI is InChI=1S/C21H16BrClF2N2O3S/c22-14-6-4-13(5-7-14)10-11-26-21(28)16-9-8-15(23)12-19(16)27-31(29,30)20-17(24)2-1-3-18(20)25/h1-9,12,27H,10-11H2,(H,26,28). The number of amides is 1. The predicted octanol–water partition coefficient (Wildman–Crippen LogP) is 5.15. The number of benzene rings is 3. The van der Waals surface area contributed by atoms with Crippen LogP contribution >= 0.6 is 27.5 Å². The molecule has 5 nitrogen and oxygen atoms in total. The van der Waals surface area contributed by atoms with Crippen LogP contribution in [0.2, 0.25) is 5.02 Å². The summed E-state index contributed by atoms with van der Waals surface area (Å²) in [6.45, 7) is 0.289. The van der Waals surface area contributed by atoms with Crippen molar-refractivity contribution in [3.05, 3.63) is 92.9 Å². The van der Waals surface area contributed by atoms with E-state index >= 15 is 0 Å². The molecule has 0 atom stereocenters. The first kappa shape index (κ1) is 23.2. The van der Waals surface area contributed by atoms with Crippen molar-refractivity contribution in [3.8, 4) is 0 Å². The van der Waals surface area contributed by atoms with Crippen LogP contribution in [0.15, 0.2) is 70.0 Å². The third-order valence-electron chi connectivity index (χ3n) is 4.27. The van der Waals surface area contributed by atoms with Gasteiger partial charge in [0, 0.05) is 16.0 Å². The highest BCUT2D eigenvalue weighted by Gasteiger charge is 2.26. The van der Waals surface area contributed by atoms with Gasteiger partial charge in [-0.2, -0.15) is 0 Å². The lowest BCUT2D eigenvalue weighted by Gasteiger charge is -2.14. The van der Waals surface area contributed by atoms with Crippen LogP contribution in [0.1, 0.15) is 15.9 Å². The Morgan fingerprint density at radius 1 is 1.00 bits per heavy atom. The van der Waals surface area contributed by atoms with Crippen LogP contribution in [-0.2, 0) is 16.4 Å². The third-order valence-corrected chi connectivity index (χ3v) is 6.45. The van der Waals surface area contributed by atoms with Gasteiger partial charge < -0.3 is 5.32 Å². The summed E-state index contributed by atoms with van der Waals surface area (Å²) < 4.78 is 56.1. The van der Waals surface area contributed by atoms with Crippen molar-refractivity contribution in [2.24, 2.45) is 0 Å². The fourth-order valence-corrected chi connectivity index (χ4v) is 4.45. The maximum absolute atomic E-state index is 14.0. The zero-order valence-corrected chi connectivity index (χ0v) is 19.0. The van der Waals surface area contributed by atoms with Gasteiger partial charge in [-0.05, 0) is 54.4 Å². The van der Waals surface area contributed by atoms with Crippen molar-refractivity contribution in [2.45, 2.75) is 11.3 Å². The molecule has 0 heterocycles. The highest BCUT2D eigenvalue weighted by molar-refractivity contribution is 9.10. The quantitative estimate of drug-likeness (QED) is 0.444. The monoisotopic (exact) mass is 528 g/mol. The van der Waals surface area contributed by atoms with Gasteiger partial charge in [0.25, 0.3) is 15.9 Å². The Bertz CT molecular complexity index is 1200. The minimum Gasteiger partial charge on any atom is -0.352 e. The summed E-state index contributed by atoms with van der Waals surface area (Å²) in [7, 11) is -4.66. The van der Waals surface area contributed by atoms with E-state index in [-0.39, 0.29) is 22.8 Å². The Kier molecular flexibility index (Phi) is 7.30. The second-order valence-electron chi connectivity index (χ2n) is 6.48. The number of rotatable bonds is 7. The van der Waals surface area contributed by atoms with E-state index in [0.29, 0.717) is 6.42 Å². The van der Waals surface area contributed by atoms with Gasteiger partial charge in [0.1, 0.15) is 11.6 Å². The number of nitrogens with one attached hydrogen (secondary N) is 2. The zero-order valence-electron chi connectivity index (χ0n) is 15.8. The summed E-state index contributed by atoms with van der Waals surface area (Å²) in [6.07, 6.45) is 0.550. The summed E-state index contributed by atoms with van der Waals surface area (Å²) in [5.74, 6) is -3.08. The molecule has 0 aliphatic heterocycles. The maximum atomic E-state index is 14.0. The highest BCUT2D eigenvalue weighted by Crippen LogP contribution is 2.26. The van der Waals surface area contributed by atoms with Gasteiger partial charge in [0.15, 0.2) is 4.90 Å². The lowest BCUT2D eigenvalue weighted by atomic mass is 10.1. The smallest absolute Gasteiger partial charge is 0.267 e. The molecule has 10 heteroatoms. The van der Waals surface area contributed by atoms with Gasteiger partial charge in [-0.3, -0.25) is 9.52 Å². The van der Waals surface area contributed by atoms with Gasteiger partial charge in [-0.1, -0.05) is 45.7 Å². The molecule has 0 aliphatic rings. The molecule has 0 aliphatic carbocycles. The zero-order chi connectivity index (χ0) is 22.6. The van der Waals surface area contributed by atoms with Crippen LogP contribution in [0.25, 0.3) is 0 Å². The van der Waals surface area contributed by atoms with Crippen LogP contribution in [0.5, 0.6) is 0 Å². The second-order valence-corrected chi connectivity index (χ2v) is 9.45. The highest BCUT2D eigenvalue weighted by atomic mass is 79.9. The molecule has 0 bridgehead atoms. The van der Waals surface area contributed by atoms with Crippen LogP contribution in [-0.4, -0.2) is 20.9 Å². The Hall–Kier alpha value is -2.49. The summed E-state index contributed by atoms with van der Waals surface area (Å²) in [5, 5.41) is 2.83. The van der Waals surface area contributed by atoms with E-state index in [1.807, 2.05) is 24.3 Å². The van der Waals surface area contributed by atoms with E-state index < -0.39 is 32.5 Å². The summed E-state index contributed by atoms with van der Waals surface area (Å²) in [5.41, 5.74) is 0.757. The summed E-state index contributed by atoms with van der Waals surface area (Å²) in [4.78, 5) is 11.5. The minimum atomic E-state index is -4.66. The number of hydrogen-bond acceptors (Lipinski definition) is 3. The maximum Gasteiger partial charge on any atom is 0.267 e. The number of hydrogen-bond donors (Lipinski definition) is 2. The largest absolute Gasteiger partial charge is 0.352 e. The average molecular weight is 530 g/mol. The van der Waals surface area contributed by atoms with Gasteiger partial charge in [-0.25, -0.2) is 17.2 Å². The predicted molar refractivity (Wildman–Crippen MR) is 119 cm³/mol. The average Bonchev–Trinajstić information content (AvgIpc) is 2.69. The van der Waals surface area contributed by atoms with Crippen molar-refractivity contribution in [1.29, 1.82) is 0 Å².